The minimum absolute atomic E-state index is 0.320. The van der Waals surface area contributed by atoms with Gasteiger partial charge in [0.15, 0.2) is 0 Å². The van der Waals surface area contributed by atoms with Crippen molar-refractivity contribution in [2.24, 2.45) is 11.5 Å². The average Bonchev–Trinajstić information content (AvgIpc) is 1.87. The Morgan fingerprint density at radius 3 is 1.90 bits per heavy atom. The fraction of sp³-hybridized carbons (Fsp3) is 1.00. The molecule has 0 aliphatic heterocycles. The Morgan fingerprint density at radius 2 is 1.70 bits per heavy atom. The molecule has 5 nitrogen and oxygen atoms in total. The molecule has 5 heteroatoms. The molecule has 0 fully saturated rings. The van der Waals surface area contributed by atoms with Crippen LogP contribution < -0.4 is 11.5 Å². The van der Waals surface area contributed by atoms with Crippen LogP contribution in [-0.2, 0) is 0 Å². The van der Waals surface area contributed by atoms with E-state index in [1.165, 1.54) is 0 Å². The third kappa shape index (κ3) is 3.37. The van der Waals surface area contributed by atoms with Gasteiger partial charge in [0.2, 0.25) is 6.04 Å². The van der Waals surface area contributed by atoms with E-state index in [0.717, 1.165) is 0 Å². The topological polar surface area (TPSA) is 95.2 Å². The number of nitrogens with two attached hydrogens (primary N) is 2. The predicted molar refractivity (Wildman–Crippen MR) is 38.1 cm³/mol. The molecule has 0 atom stereocenters. The van der Waals surface area contributed by atoms with Crippen LogP contribution >= 0.6 is 0 Å². The first-order valence-electron chi connectivity index (χ1n) is 3.26. The normalized spacial score (nSPS) is 10.3. The Kier molecular flexibility index (Phi) is 4.78. The second-order valence-electron chi connectivity index (χ2n) is 2.09. The number of nitrogens with zero attached hydrogens (tertiary/aromatic N) is 1. The standard InChI is InChI=1S/C5H13N3O2/c6-3-1-5(2-4-7)8(9)10/h5H,1-4,6-7H2. The van der Waals surface area contributed by atoms with Gasteiger partial charge in [-0.2, -0.15) is 0 Å². The Hall–Kier alpha value is -0.680. The SMILES string of the molecule is NCCC(CCN)[N+](=O)[O-]. The molecule has 0 aromatic carbocycles. The van der Waals surface area contributed by atoms with E-state index in [1.54, 1.807) is 0 Å². The molecule has 0 rings (SSSR count). The van der Waals surface area contributed by atoms with Gasteiger partial charge in [0.05, 0.1) is 0 Å². The first-order chi connectivity index (χ1) is 4.72. The van der Waals surface area contributed by atoms with Crippen LogP contribution in [0.1, 0.15) is 12.8 Å². The van der Waals surface area contributed by atoms with Gasteiger partial charge >= 0.3 is 0 Å². The van der Waals surface area contributed by atoms with Crippen molar-refractivity contribution in [3.05, 3.63) is 10.1 Å². The Labute approximate surface area is 59.5 Å². The highest BCUT2D eigenvalue weighted by atomic mass is 16.6. The second kappa shape index (κ2) is 5.13. The Morgan fingerprint density at radius 1 is 1.30 bits per heavy atom. The van der Waals surface area contributed by atoms with Gasteiger partial charge in [-0.1, -0.05) is 0 Å². The van der Waals surface area contributed by atoms with Gasteiger partial charge in [0, 0.05) is 17.8 Å². The molecule has 0 aromatic heterocycles. The first-order valence-corrected chi connectivity index (χ1v) is 3.26. The zero-order chi connectivity index (χ0) is 7.98. The van der Waals surface area contributed by atoms with Gasteiger partial charge in [0.25, 0.3) is 0 Å². The van der Waals surface area contributed by atoms with E-state index in [-0.39, 0.29) is 4.92 Å². The molecule has 4 N–H and O–H groups in total. The van der Waals surface area contributed by atoms with Crippen LogP contribution in [0.5, 0.6) is 0 Å². The summed E-state index contributed by atoms with van der Waals surface area (Å²) in [5.41, 5.74) is 10.3. The van der Waals surface area contributed by atoms with Crippen molar-refractivity contribution >= 4 is 0 Å². The lowest BCUT2D eigenvalue weighted by molar-refractivity contribution is -0.523. The van der Waals surface area contributed by atoms with Crippen LogP contribution in [0.15, 0.2) is 0 Å². The third-order valence-electron chi connectivity index (χ3n) is 1.30. The smallest absolute Gasteiger partial charge is 0.215 e. The van der Waals surface area contributed by atoms with Crippen LogP contribution in [0.3, 0.4) is 0 Å². The molecule has 0 amide bonds. The summed E-state index contributed by atoms with van der Waals surface area (Å²) in [5, 5.41) is 10.2. The molecule has 10 heavy (non-hydrogen) atoms. The highest BCUT2D eigenvalue weighted by Gasteiger charge is 2.16. The molecule has 0 aromatic rings. The number of rotatable bonds is 5. The van der Waals surface area contributed by atoms with E-state index in [1.807, 2.05) is 0 Å². The van der Waals surface area contributed by atoms with E-state index in [0.29, 0.717) is 25.9 Å². The molecule has 0 aliphatic carbocycles. The van der Waals surface area contributed by atoms with Gasteiger partial charge in [-0.05, 0) is 13.1 Å². The van der Waals surface area contributed by atoms with Crippen LogP contribution in [0.25, 0.3) is 0 Å². The fourth-order valence-corrected chi connectivity index (χ4v) is 0.740. The lowest BCUT2D eigenvalue weighted by Gasteiger charge is -2.04. The molecule has 0 radical (unpaired) electrons. The monoisotopic (exact) mass is 147 g/mol. The largest absolute Gasteiger partial charge is 0.330 e. The summed E-state index contributed by atoms with van der Waals surface area (Å²) in [6.07, 6.45) is 0.842. The molecule has 0 bridgehead atoms. The van der Waals surface area contributed by atoms with E-state index < -0.39 is 6.04 Å². The summed E-state index contributed by atoms with van der Waals surface area (Å²) in [6.45, 7) is 0.706. The molecule has 0 unspecified atom stereocenters. The maximum absolute atomic E-state index is 10.2. The van der Waals surface area contributed by atoms with Crippen LogP contribution in [0, 0.1) is 10.1 Å². The summed E-state index contributed by atoms with van der Waals surface area (Å²) >= 11 is 0. The molecule has 60 valence electrons. The maximum atomic E-state index is 10.2. The highest BCUT2D eigenvalue weighted by molar-refractivity contribution is 4.57. The minimum atomic E-state index is -0.546. The molecule has 0 saturated carbocycles. The molecule has 0 saturated heterocycles. The van der Waals surface area contributed by atoms with E-state index in [9.17, 15) is 10.1 Å². The second-order valence-corrected chi connectivity index (χ2v) is 2.09. The first kappa shape index (κ1) is 9.32. The molecular weight excluding hydrogens is 134 g/mol. The number of hydrogen-bond acceptors (Lipinski definition) is 4. The van der Waals surface area contributed by atoms with Crippen molar-refractivity contribution in [2.45, 2.75) is 18.9 Å². The van der Waals surface area contributed by atoms with Crippen molar-refractivity contribution in [3.63, 3.8) is 0 Å². The molecule has 0 heterocycles. The number of nitro groups is 1. The predicted octanol–water partition coefficient (Wildman–Crippen LogP) is -0.671. The van der Waals surface area contributed by atoms with Gasteiger partial charge in [0.1, 0.15) is 0 Å². The lowest BCUT2D eigenvalue weighted by atomic mass is 10.1. The van der Waals surface area contributed by atoms with Crippen molar-refractivity contribution in [1.82, 2.24) is 0 Å². The van der Waals surface area contributed by atoms with Gasteiger partial charge in [-0.15, -0.1) is 0 Å². The van der Waals surface area contributed by atoms with Crippen molar-refractivity contribution in [1.29, 1.82) is 0 Å². The van der Waals surface area contributed by atoms with Gasteiger partial charge in [-0.3, -0.25) is 10.1 Å². The van der Waals surface area contributed by atoms with Crippen molar-refractivity contribution in [2.75, 3.05) is 13.1 Å². The molecular formula is C5H13N3O2. The highest BCUT2D eigenvalue weighted by Crippen LogP contribution is 1.99. The summed E-state index contributed by atoms with van der Waals surface area (Å²) in [4.78, 5) is 9.85. The van der Waals surface area contributed by atoms with Crippen molar-refractivity contribution < 1.29 is 4.92 Å². The van der Waals surface area contributed by atoms with Crippen LogP contribution in [0.2, 0.25) is 0 Å². The summed E-state index contributed by atoms with van der Waals surface area (Å²) in [5.74, 6) is 0. The van der Waals surface area contributed by atoms with E-state index in [2.05, 4.69) is 0 Å². The summed E-state index contributed by atoms with van der Waals surface area (Å²) in [7, 11) is 0. The Balaban J connectivity index is 3.61. The third-order valence-corrected chi connectivity index (χ3v) is 1.30. The molecule has 0 aliphatic rings. The number of hydrogen-bond donors (Lipinski definition) is 2. The van der Waals surface area contributed by atoms with Gasteiger partial charge < -0.3 is 11.5 Å². The zero-order valence-electron chi connectivity index (χ0n) is 5.82. The molecule has 0 spiro atoms. The van der Waals surface area contributed by atoms with E-state index in [4.69, 9.17) is 11.5 Å². The van der Waals surface area contributed by atoms with E-state index >= 15 is 0 Å². The Bertz CT molecular complexity index is 101. The average molecular weight is 147 g/mol. The van der Waals surface area contributed by atoms with Crippen LogP contribution in [0.4, 0.5) is 0 Å². The summed E-state index contributed by atoms with van der Waals surface area (Å²) in [6, 6.07) is -0.546. The van der Waals surface area contributed by atoms with Gasteiger partial charge in [-0.25, -0.2) is 0 Å². The maximum Gasteiger partial charge on any atom is 0.215 e. The fourth-order valence-electron chi connectivity index (χ4n) is 0.740. The quantitative estimate of drug-likeness (QED) is 0.398. The van der Waals surface area contributed by atoms with Crippen LogP contribution in [-0.4, -0.2) is 24.1 Å². The minimum Gasteiger partial charge on any atom is -0.330 e. The van der Waals surface area contributed by atoms with Crippen molar-refractivity contribution in [3.8, 4) is 0 Å². The zero-order valence-corrected chi connectivity index (χ0v) is 5.82. The summed E-state index contributed by atoms with van der Waals surface area (Å²) < 4.78 is 0. The lowest BCUT2D eigenvalue weighted by Crippen LogP contribution is -2.25.